The first-order chi connectivity index (χ1) is 10.7. The zero-order valence-electron chi connectivity index (χ0n) is 13.8. The summed E-state index contributed by atoms with van der Waals surface area (Å²) in [6.45, 7) is 8.48. The molecule has 0 bridgehead atoms. The van der Waals surface area contributed by atoms with Crippen LogP contribution in [-0.4, -0.2) is 5.91 Å². The Morgan fingerprint density at radius 2 is 1.65 bits per heavy atom. The summed E-state index contributed by atoms with van der Waals surface area (Å²) in [7, 11) is 0. The molecule has 0 fully saturated rings. The molecule has 4 heteroatoms. The molecule has 2 rings (SSSR count). The Labute approximate surface area is 147 Å². The van der Waals surface area contributed by atoms with Gasteiger partial charge in [0.15, 0.2) is 0 Å². The van der Waals surface area contributed by atoms with Crippen molar-refractivity contribution in [2.45, 2.75) is 39.2 Å². The van der Waals surface area contributed by atoms with Crippen LogP contribution < -0.4 is 5.32 Å². The fourth-order valence-corrected chi connectivity index (χ4v) is 2.80. The van der Waals surface area contributed by atoms with E-state index in [0.717, 1.165) is 5.56 Å². The SMILES string of the molecule is C[C@H](NC(=O)c1ccc(Cl)cc1Cl)c1ccc(C(C)(C)C)cc1. The van der Waals surface area contributed by atoms with E-state index < -0.39 is 0 Å². The highest BCUT2D eigenvalue weighted by Gasteiger charge is 2.16. The van der Waals surface area contributed by atoms with Gasteiger partial charge in [0.1, 0.15) is 0 Å². The Morgan fingerprint density at radius 1 is 1.04 bits per heavy atom. The monoisotopic (exact) mass is 349 g/mol. The average molecular weight is 350 g/mol. The highest BCUT2D eigenvalue weighted by atomic mass is 35.5. The molecule has 2 aromatic carbocycles. The molecule has 122 valence electrons. The number of hydrogen-bond donors (Lipinski definition) is 1. The van der Waals surface area contributed by atoms with Gasteiger partial charge in [0, 0.05) is 5.02 Å². The van der Waals surface area contributed by atoms with Gasteiger partial charge in [-0.3, -0.25) is 4.79 Å². The van der Waals surface area contributed by atoms with Crippen molar-refractivity contribution in [3.63, 3.8) is 0 Å². The van der Waals surface area contributed by atoms with Gasteiger partial charge in [-0.15, -0.1) is 0 Å². The van der Waals surface area contributed by atoms with Gasteiger partial charge in [-0.1, -0.05) is 68.2 Å². The summed E-state index contributed by atoms with van der Waals surface area (Å²) in [5, 5.41) is 3.83. The molecule has 0 saturated heterocycles. The molecule has 0 aliphatic rings. The number of carbonyl (C=O) groups is 1. The third-order valence-corrected chi connectivity index (χ3v) is 4.35. The summed E-state index contributed by atoms with van der Waals surface area (Å²) < 4.78 is 0. The zero-order chi connectivity index (χ0) is 17.2. The van der Waals surface area contributed by atoms with Crippen LogP contribution in [0.25, 0.3) is 0 Å². The van der Waals surface area contributed by atoms with Crippen molar-refractivity contribution in [3.05, 3.63) is 69.2 Å². The lowest BCUT2D eigenvalue weighted by molar-refractivity contribution is 0.0940. The predicted molar refractivity (Wildman–Crippen MR) is 97.5 cm³/mol. The maximum atomic E-state index is 12.3. The van der Waals surface area contributed by atoms with Crippen LogP contribution >= 0.6 is 23.2 Å². The van der Waals surface area contributed by atoms with E-state index in [4.69, 9.17) is 23.2 Å². The number of nitrogens with one attached hydrogen (secondary N) is 1. The highest BCUT2D eigenvalue weighted by molar-refractivity contribution is 6.36. The van der Waals surface area contributed by atoms with Gasteiger partial charge in [0.05, 0.1) is 16.6 Å². The molecule has 2 aromatic rings. The average Bonchev–Trinajstić information content (AvgIpc) is 2.46. The van der Waals surface area contributed by atoms with Crippen LogP contribution in [0.15, 0.2) is 42.5 Å². The summed E-state index contributed by atoms with van der Waals surface area (Å²) in [5.41, 5.74) is 2.85. The maximum Gasteiger partial charge on any atom is 0.253 e. The molecule has 0 saturated carbocycles. The summed E-state index contributed by atoms with van der Waals surface area (Å²) in [5.74, 6) is -0.209. The second-order valence-electron chi connectivity index (χ2n) is 6.69. The molecular weight excluding hydrogens is 329 g/mol. The van der Waals surface area contributed by atoms with E-state index in [1.165, 1.54) is 5.56 Å². The Balaban J connectivity index is 2.12. The van der Waals surface area contributed by atoms with Crippen molar-refractivity contribution in [2.75, 3.05) is 0 Å². The zero-order valence-corrected chi connectivity index (χ0v) is 15.3. The van der Waals surface area contributed by atoms with Crippen LogP contribution in [0.1, 0.15) is 55.2 Å². The second kappa shape index (κ2) is 6.94. The summed E-state index contributed by atoms with van der Waals surface area (Å²) in [6.07, 6.45) is 0. The standard InChI is InChI=1S/C19H21Cl2NO/c1-12(13-5-7-14(8-6-13)19(2,3)4)22-18(23)16-10-9-15(20)11-17(16)21/h5-12H,1-4H3,(H,22,23)/t12-/m0/s1. The third-order valence-electron chi connectivity index (χ3n) is 3.80. The predicted octanol–water partition coefficient (Wildman–Crippen LogP) is 5.78. The second-order valence-corrected chi connectivity index (χ2v) is 7.53. The molecule has 0 aliphatic heterocycles. The lowest BCUT2D eigenvalue weighted by Crippen LogP contribution is -2.27. The normalized spacial score (nSPS) is 12.8. The molecule has 0 aliphatic carbocycles. The van der Waals surface area contributed by atoms with Gasteiger partial charge in [-0.25, -0.2) is 0 Å². The van der Waals surface area contributed by atoms with Gasteiger partial charge < -0.3 is 5.32 Å². The van der Waals surface area contributed by atoms with Crippen LogP contribution in [0.4, 0.5) is 0 Å². The van der Waals surface area contributed by atoms with E-state index in [9.17, 15) is 4.79 Å². The number of benzene rings is 2. The molecular formula is C19H21Cl2NO. The molecule has 1 atom stereocenters. The summed E-state index contributed by atoms with van der Waals surface area (Å²) in [4.78, 5) is 12.3. The van der Waals surface area contributed by atoms with Crippen LogP contribution in [0, 0.1) is 0 Å². The first kappa shape index (κ1) is 17.8. The molecule has 2 nitrogen and oxygen atoms in total. The quantitative estimate of drug-likeness (QED) is 0.747. The van der Waals surface area contributed by atoms with Gasteiger partial charge in [-0.05, 0) is 41.7 Å². The molecule has 0 radical (unpaired) electrons. The molecule has 1 amide bonds. The van der Waals surface area contributed by atoms with E-state index in [1.54, 1.807) is 18.2 Å². The Morgan fingerprint density at radius 3 is 2.17 bits per heavy atom. The van der Waals surface area contributed by atoms with Crippen molar-refractivity contribution in [1.29, 1.82) is 0 Å². The van der Waals surface area contributed by atoms with Gasteiger partial charge in [0.2, 0.25) is 0 Å². The van der Waals surface area contributed by atoms with Gasteiger partial charge >= 0.3 is 0 Å². The van der Waals surface area contributed by atoms with E-state index in [2.05, 4.69) is 50.4 Å². The minimum Gasteiger partial charge on any atom is -0.345 e. The summed E-state index contributed by atoms with van der Waals surface area (Å²) in [6, 6.07) is 13.1. The third kappa shape index (κ3) is 4.49. The van der Waals surface area contributed by atoms with Crippen LogP contribution in [0.5, 0.6) is 0 Å². The van der Waals surface area contributed by atoms with Crippen molar-refractivity contribution >= 4 is 29.1 Å². The van der Waals surface area contributed by atoms with Crippen molar-refractivity contribution in [1.82, 2.24) is 5.32 Å². The minimum atomic E-state index is -0.209. The fourth-order valence-electron chi connectivity index (χ4n) is 2.30. The number of hydrogen-bond acceptors (Lipinski definition) is 1. The lowest BCUT2D eigenvalue weighted by Gasteiger charge is -2.21. The van der Waals surface area contributed by atoms with E-state index >= 15 is 0 Å². The number of carbonyl (C=O) groups excluding carboxylic acids is 1. The minimum absolute atomic E-state index is 0.108. The molecule has 23 heavy (non-hydrogen) atoms. The molecule has 0 unspecified atom stereocenters. The molecule has 0 aromatic heterocycles. The maximum absolute atomic E-state index is 12.3. The number of halogens is 2. The molecule has 1 N–H and O–H groups in total. The first-order valence-corrected chi connectivity index (χ1v) is 8.30. The Hall–Kier alpha value is -1.51. The Kier molecular flexibility index (Phi) is 5.38. The largest absolute Gasteiger partial charge is 0.345 e. The van der Waals surface area contributed by atoms with Gasteiger partial charge in [0.25, 0.3) is 5.91 Å². The van der Waals surface area contributed by atoms with Crippen LogP contribution in [0.2, 0.25) is 10.0 Å². The highest BCUT2D eigenvalue weighted by Crippen LogP contribution is 2.25. The molecule has 0 spiro atoms. The Bertz CT molecular complexity index is 702. The van der Waals surface area contributed by atoms with Gasteiger partial charge in [-0.2, -0.15) is 0 Å². The lowest BCUT2D eigenvalue weighted by atomic mass is 9.86. The van der Waals surface area contributed by atoms with Crippen molar-refractivity contribution in [2.24, 2.45) is 0 Å². The first-order valence-electron chi connectivity index (χ1n) is 7.55. The van der Waals surface area contributed by atoms with Crippen molar-refractivity contribution < 1.29 is 4.79 Å². The van der Waals surface area contributed by atoms with E-state index in [0.29, 0.717) is 15.6 Å². The smallest absolute Gasteiger partial charge is 0.253 e. The fraction of sp³-hybridized carbons (Fsp3) is 0.316. The van der Waals surface area contributed by atoms with Crippen LogP contribution in [0.3, 0.4) is 0 Å². The van der Waals surface area contributed by atoms with E-state index in [-0.39, 0.29) is 17.4 Å². The number of rotatable bonds is 3. The van der Waals surface area contributed by atoms with Crippen LogP contribution in [-0.2, 0) is 5.41 Å². The van der Waals surface area contributed by atoms with Crippen molar-refractivity contribution in [3.8, 4) is 0 Å². The summed E-state index contributed by atoms with van der Waals surface area (Å²) >= 11 is 11.9. The number of amides is 1. The topological polar surface area (TPSA) is 29.1 Å². The van der Waals surface area contributed by atoms with E-state index in [1.807, 2.05) is 6.92 Å². The molecule has 0 heterocycles.